The molecule has 1 aromatic heterocycles. The highest BCUT2D eigenvalue weighted by Gasteiger charge is 2.23. The van der Waals surface area contributed by atoms with E-state index in [1.165, 1.54) is 6.92 Å². The fourth-order valence-electron chi connectivity index (χ4n) is 1.15. The van der Waals surface area contributed by atoms with Gasteiger partial charge in [-0.15, -0.1) is 0 Å². The first-order chi connectivity index (χ1) is 6.99. The van der Waals surface area contributed by atoms with Gasteiger partial charge < -0.3 is 5.11 Å². The highest BCUT2D eigenvalue weighted by molar-refractivity contribution is 5.92. The molecule has 0 unspecified atom stereocenters. The van der Waals surface area contributed by atoms with E-state index in [1.54, 1.807) is 6.07 Å². The van der Waals surface area contributed by atoms with Crippen LogP contribution in [0.1, 0.15) is 33.6 Å². The molecular formula is C9H6F2N2O2. The van der Waals surface area contributed by atoms with Gasteiger partial charge in [0.25, 0.3) is 6.43 Å². The average molecular weight is 212 g/mol. The smallest absolute Gasteiger partial charge is 0.337 e. The summed E-state index contributed by atoms with van der Waals surface area (Å²) < 4.78 is 24.8. The molecule has 15 heavy (non-hydrogen) atoms. The van der Waals surface area contributed by atoms with Crippen LogP contribution in [0.2, 0.25) is 0 Å². The van der Waals surface area contributed by atoms with Gasteiger partial charge in [-0.25, -0.2) is 13.6 Å². The SMILES string of the molecule is Cc1ncc(C(F)F)c(C(=O)O)c1C#N. The molecule has 0 radical (unpaired) electrons. The molecule has 0 fully saturated rings. The van der Waals surface area contributed by atoms with Crippen molar-refractivity contribution in [1.82, 2.24) is 4.98 Å². The lowest BCUT2D eigenvalue weighted by Gasteiger charge is -2.07. The van der Waals surface area contributed by atoms with E-state index in [4.69, 9.17) is 10.4 Å². The number of nitrogens with zero attached hydrogens (tertiary/aromatic N) is 2. The zero-order valence-corrected chi connectivity index (χ0v) is 7.66. The summed E-state index contributed by atoms with van der Waals surface area (Å²) in [5, 5.41) is 17.4. The van der Waals surface area contributed by atoms with Crippen LogP contribution in [0, 0.1) is 18.3 Å². The second-order valence-corrected chi connectivity index (χ2v) is 2.77. The second kappa shape index (κ2) is 4.00. The third-order valence-electron chi connectivity index (χ3n) is 1.86. The summed E-state index contributed by atoms with van der Waals surface area (Å²) in [4.78, 5) is 14.3. The van der Waals surface area contributed by atoms with Gasteiger partial charge in [0.05, 0.1) is 22.4 Å². The molecule has 0 saturated carbocycles. The van der Waals surface area contributed by atoms with Crippen molar-refractivity contribution in [2.75, 3.05) is 0 Å². The first-order valence-electron chi connectivity index (χ1n) is 3.90. The van der Waals surface area contributed by atoms with E-state index in [2.05, 4.69) is 4.98 Å². The predicted molar refractivity (Wildman–Crippen MR) is 45.6 cm³/mol. The number of alkyl halides is 2. The number of hydrogen-bond donors (Lipinski definition) is 1. The van der Waals surface area contributed by atoms with Gasteiger partial charge in [-0.3, -0.25) is 4.98 Å². The van der Waals surface area contributed by atoms with Crippen molar-refractivity contribution in [3.8, 4) is 6.07 Å². The van der Waals surface area contributed by atoms with Gasteiger partial charge in [-0.2, -0.15) is 5.26 Å². The van der Waals surface area contributed by atoms with Crippen LogP contribution in [-0.2, 0) is 0 Å². The van der Waals surface area contributed by atoms with E-state index in [0.29, 0.717) is 0 Å². The number of nitriles is 1. The summed E-state index contributed by atoms with van der Waals surface area (Å²) in [6.07, 6.45) is -2.18. The lowest BCUT2D eigenvalue weighted by Crippen LogP contribution is -2.09. The number of aromatic nitrogens is 1. The maximum Gasteiger partial charge on any atom is 0.337 e. The van der Waals surface area contributed by atoms with Crippen molar-refractivity contribution in [1.29, 1.82) is 5.26 Å². The van der Waals surface area contributed by atoms with Gasteiger partial charge in [0.2, 0.25) is 0 Å². The van der Waals surface area contributed by atoms with Gasteiger partial charge in [-0.1, -0.05) is 0 Å². The highest BCUT2D eigenvalue weighted by Crippen LogP contribution is 2.25. The van der Waals surface area contributed by atoms with Crippen LogP contribution in [0.15, 0.2) is 6.20 Å². The number of halogens is 2. The van der Waals surface area contributed by atoms with Crippen LogP contribution in [0.4, 0.5) is 8.78 Å². The predicted octanol–water partition coefficient (Wildman–Crippen LogP) is 1.90. The normalized spacial score (nSPS) is 10.1. The first-order valence-corrected chi connectivity index (χ1v) is 3.90. The second-order valence-electron chi connectivity index (χ2n) is 2.77. The molecule has 6 heteroatoms. The van der Waals surface area contributed by atoms with Crippen LogP contribution in [0.25, 0.3) is 0 Å². The molecule has 0 aromatic carbocycles. The molecule has 0 amide bonds. The standard InChI is InChI=1S/C9H6F2N2O2/c1-4-5(2-12)7(9(14)15)6(3-13-4)8(10)11/h3,8H,1H3,(H,14,15). The van der Waals surface area contributed by atoms with Crippen LogP contribution >= 0.6 is 0 Å². The third-order valence-corrected chi connectivity index (χ3v) is 1.86. The summed E-state index contributed by atoms with van der Waals surface area (Å²) in [7, 11) is 0. The van der Waals surface area contributed by atoms with Gasteiger partial charge in [0, 0.05) is 6.20 Å². The number of rotatable bonds is 2. The maximum atomic E-state index is 12.4. The molecule has 1 rings (SSSR count). The van der Waals surface area contributed by atoms with Crippen LogP contribution < -0.4 is 0 Å². The van der Waals surface area contributed by atoms with Gasteiger partial charge in [0.15, 0.2) is 0 Å². The Bertz CT molecular complexity index is 452. The van der Waals surface area contributed by atoms with Crippen LogP contribution in [-0.4, -0.2) is 16.1 Å². The van der Waals surface area contributed by atoms with E-state index < -0.39 is 23.5 Å². The molecule has 0 spiro atoms. The van der Waals surface area contributed by atoms with Crippen molar-refractivity contribution < 1.29 is 18.7 Å². The number of carboxylic acids is 1. The minimum absolute atomic E-state index is 0.124. The average Bonchev–Trinajstić information content (AvgIpc) is 2.16. The number of aryl methyl sites for hydroxylation is 1. The lowest BCUT2D eigenvalue weighted by atomic mass is 10.0. The minimum atomic E-state index is -2.96. The molecular weight excluding hydrogens is 206 g/mol. The molecule has 78 valence electrons. The van der Waals surface area contributed by atoms with E-state index in [-0.39, 0.29) is 11.3 Å². The topological polar surface area (TPSA) is 74.0 Å². The number of carboxylic acid groups (broad SMARTS) is 1. The molecule has 0 bridgehead atoms. The first kappa shape index (κ1) is 11.0. The summed E-state index contributed by atoms with van der Waals surface area (Å²) in [5.41, 5.74) is -1.59. The Morgan fingerprint density at radius 3 is 2.67 bits per heavy atom. The Labute approximate surface area is 83.8 Å². The molecule has 0 saturated heterocycles. The van der Waals surface area contributed by atoms with Crippen molar-refractivity contribution >= 4 is 5.97 Å². The van der Waals surface area contributed by atoms with E-state index in [9.17, 15) is 13.6 Å². The molecule has 4 nitrogen and oxygen atoms in total. The number of hydrogen-bond acceptors (Lipinski definition) is 3. The number of carbonyl (C=O) groups is 1. The number of aromatic carboxylic acids is 1. The third kappa shape index (κ3) is 1.91. The van der Waals surface area contributed by atoms with Crippen molar-refractivity contribution in [2.24, 2.45) is 0 Å². The summed E-state index contributed by atoms with van der Waals surface area (Å²) in [5.74, 6) is -1.55. The largest absolute Gasteiger partial charge is 0.478 e. The molecule has 0 aliphatic rings. The minimum Gasteiger partial charge on any atom is -0.478 e. The van der Waals surface area contributed by atoms with Gasteiger partial charge in [0.1, 0.15) is 6.07 Å². The van der Waals surface area contributed by atoms with E-state index in [0.717, 1.165) is 6.20 Å². The Balaban J connectivity index is 3.58. The fraction of sp³-hybridized carbons (Fsp3) is 0.222. The zero-order valence-electron chi connectivity index (χ0n) is 7.66. The Morgan fingerprint density at radius 1 is 1.67 bits per heavy atom. The zero-order chi connectivity index (χ0) is 11.6. The Hall–Kier alpha value is -2.03. The monoisotopic (exact) mass is 212 g/mol. The Morgan fingerprint density at radius 2 is 2.27 bits per heavy atom. The highest BCUT2D eigenvalue weighted by atomic mass is 19.3. The molecule has 0 aliphatic heterocycles. The number of pyridine rings is 1. The maximum absolute atomic E-state index is 12.4. The van der Waals surface area contributed by atoms with Crippen molar-refractivity contribution in [3.63, 3.8) is 0 Å². The van der Waals surface area contributed by atoms with E-state index in [1.807, 2.05) is 0 Å². The van der Waals surface area contributed by atoms with Crippen molar-refractivity contribution in [2.45, 2.75) is 13.3 Å². The van der Waals surface area contributed by atoms with Gasteiger partial charge in [-0.05, 0) is 6.92 Å². The Kier molecular flexibility index (Phi) is 2.95. The summed E-state index contributed by atoms with van der Waals surface area (Å²) >= 11 is 0. The summed E-state index contributed by atoms with van der Waals surface area (Å²) in [6, 6.07) is 1.56. The van der Waals surface area contributed by atoms with Gasteiger partial charge >= 0.3 is 5.97 Å². The molecule has 1 N–H and O–H groups in total. The molecule has 1 heterocycles. The lowest BCUT2D eigenvalue weighted by molar-refractivity contribution is 0.0683. The van der Waals surface area contributed by atoms with Crippen LogP contribution in [0.3, 0.4) is 0 Å². The van der Waals surface area contributed by atoms with Crippen LogP contribution in [0.5, 0.6) is 0 Å². The summed E-state index contributed by atoms with van der Waals surface area (Å²) in [6.45, 7) is 1.39. The quantitative estimate of drug-likeness (QED) is 0.812. The molecule has 1 aromatic rings. The van der Waals surface area contributed by atoms with E-state index >= 15 is 0 Å². The van der Waals surface area contributed by atoms with Crippen molar-refractivity contribution in [3.05, 3.63) is 28.6 Å². The molecule has 0 aliphatic carbocycles. The molecule has 0 atom stereocenters. The fourth-order valence-corrected chi connectivity index (χ4v) is 1.15.